The zero-order chi connectivity index (χ0) is 16.6. The van der Waals surface area contributed by atoms with Crippen LogP contribution in [0.5, 0.6) is 11.6 Å². The highest BCUT2D eigenvalue weighted by Gasteiger charge is 2.32. The number of hydrogen-bond acceptors (Lipinski definition) is 4. The molecule has 1 aromatic heterocycles. The van der Waals surface area contributed by atoms with Gasteiger partial charge in [0.25, 0.3) is 5.91 Å². The molecule has 0 spiro atoms. The van der Waals surface area contributed by atoms with E-state index in [1.807, 2.05) is 52.3 Å². The lowest BCUT2D eigenvalue weighted by Crippen LogP contribution is -2.33. The summed E-state index contributed by atoms with van der Waals surface area (Å²) in [5.41, 5.74) is 2.16. The lowest BCUT2D eigenvalue weighted by molar-refractivity contribution is 0.0986. The van der Waals surface area contributed by atoms with Crippen molar-refractivity contribution < 1.29 is 9.53 Å². The van der Waals surface area contributed by atoms with Crippen LogP contribution in [-0.2, 0) is 7.05 Å². The Kier molecular flexibility index (Phi) is 4.09. The summed E-state index contributed by atoms with van der Waals surface area (Å²) in [6.45, 7) is 3.46. The molecule has 0 atom stereocenters. The maximum Gasteiger partial charge on any atom is 0.262 e. The van der Waals surface area contributed by atoms with Crippen molar-refractivity contribution in [1.82, 2.24) is 14.7 Å². The number of fused-ring (bicyclic) bond motifs is 2. The van der Waals surface area contributed by atoms with Crippen molar-refractivity contribution in [2.75, 3.05) is 32.1 Å². The summed E-state index contributed by atoms with van der Waals surface area (Å²) in [6.07, 6.45) is 0.884. The van der Waals surface area contributed by atoms with Gasteiger partial charge in [-0.05, 0) is 46.1 Å². The molecule has 1 aromatic carbocycles. The highest BCUT2D eigenvalue weighted by Crippen LogP contribution is 2.40. The number of nitrogens with zero attached hydrogens (tertiary/aromatic N) is 4. The Bertz CT molecular complexity index is 736. The number of carbonyl (C=O) groups excluding carboxylic acids is 1. The molecule has 6 nitrogen and oxygen atoms in total. The third-order valence-electron chi connectivity index (χ3n) is 3.97. The predicted octanol–water partition coefficient (Wildman–Crippen LogP) is 2.43. The van der Waals surface area contributed by atoms with Gasteiger partial charge in [0.1, 0.15) is 11.4 Å². The van der Waals surface area contributed by atoms with E-state index in [0.717, 1.165) is 24.3 Å². The van der Waals surface area contributed by atoms with Crippen molar-refractivity contribution in [1.29, 1.82) is 0 Å². The normalized spacial score (nSPS) is 13.6. The van der Waals surface area contributed by atoms with Crippen molar-refractivity contribution in [3.63, 3.8) is 0 Å². The van der Waals surface area contributed by atoms with E-state index in [4.69, 9.17) is 4.74 Å². The maximum atomic E-state index is 13.0. The fraction of sp³-hybridized carbons (Fsp3) is 0.412. The van der Waals surface area contributed by atoms with Crippen molar-refractivity contribution in [2.45, 2.75) is 13.3 Å². The van der Waals surface area contributed by atoms with Gasteiger partial charge in [0.05, 0.1) is 11.3 Å². The molecule has 0 unspecified atom stereocenters. The summed E-state index contributed by atoms with van der Waals surface area (Å²) in [5.74, 6) is 1.16. The molecule has 23 heavy (non-hydrogen) atoms. The van der Waals surface area contributed by atoms with Gasteiger partial charge in [0.15, 0.2) is 0 Å². The number of ether oxygens (including phenoxy) is 1. The molecule has 0 saturated carbocycles. The molecule has 1 aliphatic heterocycles. The van der Waals surface area contributed by atoms with Gasteiger partial charge in [-0.25, -0.2) is 4.68 Å². The highest BCUT2D eigenvalue weighted by molar-refractivity contribution is 6.09. The van der Waals surface area contributed by atoms with Gasteiger partial charge < -0.3 is 14.5 Å². The van der Waals surface area contributed by atoms with Gasteiger partial charge in [0, 0.05) is 13.6 Å². The van der Waals surface area contributed by atoms with Crippen LogP contribution >= 0.6 is 0 Å². The van der Waals surface area contributed by atoms with Crippen molar-refractivity contribution in [2.24, 2.45) is 7.05 Å². The number of carbonyl (C=O) groups is 1. The Labute approximate surface area is 136 Å². The number of para-hydroxylation sites is 1. The van der Waals surface area contributed by atoms with Gasteiger partial charge in [0.2, 0.25) is 5.88 Å². The van der Waals surface area contributed by atoms with Crippen molar-refractivity contribution in [3.8, 4) is 11.6 Å². The van der Waals surface area contributed by atoms with E-state index in [1.165, 1.54) is 0 Å². The summed E-state index contributed by atoms with van der Waals surface area (Å²) in [5, 5.41) is 4.42. The minimum absolute atomic E-state index is 0.0331. The van der Waals surface area contributed by atoms with Crippen molar-refractivity contribution in [3.05, 3.63) is 35.5 Å². The molecule has 0 N–H and O–H groups in total. The fourth-order valence-corrected chi connectivity index (χ4v) is 2.89. The molecular formula is C17H22N4O2. The molecule has 0 fully saturated rings. The number of hydrogen-bond donors (Lipinski definition) is 0. The molecule has 1 amide bonds. The van der Waals surface area contributed by atoms with Crippen LogP contribution in [0, 0.1) is 6.92 Å². The van der Waals surface area contributed by atoms with Gasteiger partial charge in [-0.1, -0.05) is 12.1 Å². The quantitative estimate of drug-likeness (QED) is 0.870. The first kappa shape index (κ1) is 15.6. The second kappa shape index (κ2) is 6.04. The number of aryl methyl sites for hydroxylation is 2. The Morgan fingerprint density at radius 2 is 2.00 bits per heavy atom. The minimum atomic E-state index is -0.0331. The monoisotopic (exact) mass is 314 g/mol. The number of rotatable bonds is 4. The van der Waals surface area contributed by atoms with Gasteiger partial charge in [-0.3, -0.25) is 4.79 Å². The molecule has 0 aliphatic carbocycles. The molecule has 1 aliphatic rings. The van der Waals surface area contributed by atoms with Crippen LogP contribution in [0.2, 0.25) is 0 Å². The summed E-state index contributed by atoms with van der Waals surface area (Å²) >= 11 is 0. The molecular weight excluding hydrogens is 292 g/mol. The Morgan fingerprint density at radius 3 is 2.74 bits per heavy atom. The molecule has 2 heterocycles. The van der Waals surface area contributed by atoms with E-state index < -0.39 is 0 Å². The topological polar surface area (TPSA) is 50.6 Å². The number of benzene rings is 1. The number of anilines is 1. The average Bonchev–Trinajstić information content (AvgIpc) is 2.70. The minimum Gasteiger partial charge on any atom is -0.436 e. The molecule has 3 rings (SSSR count). The maximum absolute atomic E-state index is 13.0. The van der Waals surface area contributed by atoms with E-state index in [1.54, 1.807) is 9.58 Å². The van der Waals surface area contributed by atoms with Crippen LogP contribution in [0.25, 0.3) is 0 Å². The summed E-state index contributed by atoms with van der Waals surface area (Å²) < 4.78 is 7.70. The van der Waals surface area contributed by atoms with Crippen molar-refractivity contribution >= 4 is 11.6 Å². The fourth-order valence-electron chi connectivity index (χ4n) is 2.89. The van der Waals surface area contributed by atoms with Crippen LogP contribution < -0.4 is 9.64 Å². The molecule has 0 bridgehead atoms. The van der Waals surface area contributed by atoms with Gasteiger partial charge in [-0.15, -0.1) is 0 Å². The summed E-state index contributed by atoms with van der Waals surface area (Å²) in [6, 6.07) is 7.36. The van der Waals surface area contributed by atoms with E-state index in [-0.39, 0.29) is 5.91 Å². The van der Waals surface area contributed by atoms with E-state index in [0.29, 0.717) is 23.7 Å². The van der Waals surface area contributed by atoms with E-state index in [9.17, 15) is 4.79 Å². The van der Waals surface area contributed by atoms with Crippen LogP contribution in [0.1, 0.15) is 22.5 Å². The lowest BCUT2D eigenvalue weighted by atomic mass is 10.1. The SMILES string of the molecule is Cc1nn(C)c2c1N(CCCN(C)C)C(=O)c1ccccc1O2. The molecule has 2 aromatic rings. The average molecular weight is 314 g/mol. The Balaban J connectivity index is 2.04. The van der Waals surface area contributed by atoms with Crippen LogP contribution in [-0.4, -0.2) is 47.8 Å². The highest BCUT2D eigenvalue weighted by atomic mass is 16.5. The number of amides is 1. The smallest absolute Gasteiger partial charge is 0.262 e. The second-order valence-electron chi connectivity index (χ2n) is 6.07. The molecule has 122 valence electrons. The lowest BCUT2D eigenvalue weighted by Gasteiger charge is -2.21. The van der Waals surface area contributed by atoms with Gasteiger partial charge in [-0.2, -0.15) is 5.10 Å². The largest absolute Gasteiger partial charge is 0.436 e. The Morgan fingerprint density at radius 1 is 1.26 bits per heavy atom. The van der Waals surface area contributed by atoms with Gasteiger partial charge >= 0.3 is 0 Å². The van der Waals surface area contributed by atoms with Crippen LogP contribution in [0.3, 0.4) is 0 Å². The predicted molar refractivity (Wildman–Crippen MR) is 89.3 cm³/mol. The van der Waals surface area contributed by atoms with Crippen LogP contribution in [0.4, 0.5) is 5.69 Å². The third kappa shape index (κ3) is 2.82. The summed E-state index contributed by atoms with van der Waals surface area (Å²) in [4.78, 5) is 16.9. The zero-order valence-electron chi connectivity index (χ0n) is 14.0. The molecule has 6 heteroatoms. The Hall–Kier alpha value is -2.34. The first-order valence-corrected chi connectivity index (χ1v) is 7.76. The zero-order valence-corrected chi connectivity index (χ0v) is 14.0. The first-order valence-electron chi connectivity index (χ1n) is 7.76. The standard InChI is InChI=1S/C17H22N4O2/c1-12-15-17(20(4)18-12)23-14-9-6-5-8-13(14)16(22)21(15)11-7-10-19(2)3/h5-6,8-9H,7,10-11H2,1-4H3. The molecule has 0 saturated heterocycles. The third-order valence-corrected chi connectivity index (χ3v) is 3.97. The number of aromatic nitrogens is 2. The first-order chi connectivity index (χ1) is 11.0. The van der Waals surface area contributed by atoms with E-state index >= 15 is 0 Å². The van der Waals surface area contributed by atoms with E-state index in [2.05, 4.69) is 10.00 Å². The molecule has 0 radical (unpaired) electrons. The second-order valence-corrected chi connectivity index (χ2v) is 6.07. The van der Waals surface area contributed by atoms with Crippen LogP contribution in [0.15, 0.2) is 24.3 Å². The summed E-state index contributed by atoms with van der Waals surface area (Å²) in [7, 11) is 5.90.